The summed E-state index contributed by atoms with van der Waals surface area (Å²) < 4.78 is 13.7. The van der Waals surface area contributed by atoms with Crippen LogP contribution < -0.4 is 4.90 Å². The maximum absolute atomic E-state index is 13.7. The number of carbonyl (C=O) groups is 1. The third kappa shape index (κ3) is 2.35. The zero-order valence-corrected chi connectivity index (χ0v) is 14.2. The van der Waals surface area contributed by atoms with Gasteiger partial charge in [-0.05, 0) is 54.2 Å². The zero-order valence-electron chi connectivity index (χ0n) is 14.2. The Morgan fingerprint density at radius 3 is 2.38 bits per heavy atom. The Bertz CT molecular complexity index is 1010. The number of hydrogen-bond donors (Lipinski definition) is 0. The second-order valence-corrected chi connectivity index (χ2v) is 7.07. The number of para-hydroxylation sites is 1. The average molecular weight is 343 g/mol. The van der Waals surface area contributed by atoms with E-state index in [9.17, 15) is 9.18 Å². The Balaban J connectivity index is 1.72. The highest BCUT2D eigenvalue weighted by Gasteiger charge is 2.43. The van der Waals surface area contributed by atoms with Crippen LogP contribution in [-0.4, -0.2) is 5.91 Å². The minimum Gasteiger partial charge on any atom is -0.300 e. The zero-order chi connectivity index (χ0) is 17.7. The maximum atomic E-state index is 13.7. The van der Waals surface area contributed by atoms with E-state index in [0.29, 0.717) is 11.5 Å². The molecule has 3 heteroatoms. The van der Waals surface area contributed by atoms with Gasteiger partial charge in [0.15, 0.2) is 0 Å². The largest absolute Gasteiger partial charge is 0.300 e. The molecule has 1 amide bonds. The van der Waals surface area contributed by atoms with Crippen LogP contribution in [-0.2, 0) is 0 Å². The molecule has 0 radical (unpaired) electrons. The molecule has 0 aromatic heterocycles. The number of anilines is 1. The Hall–Kier alpha value is -2.94. The van der Waals surface area contributed by atoms with Crippen molar-refractivity contribution in [2.24, 2.45) is 5.92 Å². The summed E-state index contributed by atoms with van der Waals surface area (Å²) in [4.78, 5) is 15.3. The van der Waals surface area contributed by atoms with Gasteiger partial charge < -0.3 is 0 Å². The Labute approximate surface area is 151 Å². The van der Waals surface area contributed by atoms with Gasteiger partial charge in [0.2, 0.25) is 0 Å². The van der Waals surface area contributed by atoms with Crippen molar-refractivity contribution in [3.63, 3.8) is 0 Å². The van der Waals surface area contributed by atoms with Gasteiger partial charge in [0, 0.05) is 11.1 Å². The predicted molar refractivity (Wildman–Crippen MR) is 101 cm³/mol. The van der Waals surface area contributed by atoms with E-state index < -0.39 is 0 Å². The van der Waals surface area contributed by atoms with E-state index in [1.54, 1.807) is 12.1 Å². The van der Waals surface area contributed by atoms with E-state index in [1.807, 2.05) is 35.2 Å². The van der Waals surface area contributed by atoms with E-state index >= 15 is 0 Å². The molecule has 1 fully saturated rings. The van der Waals surface area contributed by atoms with E-state index in [0.717, 1.165) is 24.1 Å². The van der Waals surface area contributed by atoms with Gasteiger partial charge in [-0.3, -0.25) is 9.69 Å². The fourth-order valence-corrected chi connectivity index (χ4v) is 4.07. The number of amides is 1. The number of fused-ring (bicyclic) bond motifs is 3. The topological polar surface area (TPSA) is 20.3 Å². The number of rotatable bonds is 2. The summed E-state index contributed by atoms with van der Waals surface area (Å²) in [5, 5.41) is 0. The number of nitrogens with zero attached hydrogens (tertiary/aromatic N) is 1. The Morgan fingerprint density at radius 1 is 0.885 bits per heavy atom. The van der Waals surface area contributed by atoms with E-state index in [2.05, 4.69) is 18.2 Å². The molecule has 128 valence electrons. The molecule has 0 saturated heterocycles. The fourth-order valence-electron chi connectivity index (χ4n) is 4.07. The van der Waals surface area contributed by atoms with E-state index in [1.165, 1.54) is 23.3 Å². The molecule has 0 bridgehead atoms. The van der Waals surface area contributed by atoms with Gasteiger partial charge >= 0.3 is 0 Å². The van der Waals surface area contributed by atoms with E-state index in [4.69, 9.17) is 0 Å². The number of carbonyl (C=O) groups excluding carboxylic acids is 1. The second kappa shape index (κ2) is 5.80. The Morgan fingerprint density at radius 2 is 1.62 bits per heavy atom. The number of halogens is 1. The molecule has 0 N–H and O–H groups in total. The van der Waals surface area contributed by atoms with Crippen molar-refractivity contribution in [3.05, 3.63) is 89.7 Å². The molecule has 1 aliphatic carbocycles. The van der Waals surface area contributed by atoms with Crippen LogP contribution in [0.3, 0.4) is 0 Å². The monoisotopic (exact) mass is 343 g/mol. The second-order valence-electron chi connectivity index (χ2n) is 7.07. The van der Waals surface area contributed by atoms with Gasteiger partial charge in [-0.2, -0.15) is 0 Å². The quantitative estimate of drug-likeness (QED) is 0.593. The number of benzene rings is 3. The van der Waals surface area contributed by atoms with Gasteiger partial charge in [0.05, 0.1) is 11.7 Å². The lowest BCUT2D eigenvalue weighted by atomic mass is 9.85. The highest BCUT2D eigenvalue weighted by Crippen LogP contribution is 2.53. The first-order valence-corrected chi connectivity index (χ1v) is 9.01. The van der Waals surface area contributed by atoms with Crippen molar-refractivity contribution >= 4 is 11.6 Å². The standard InChI is InChI=1S/C23H18FNO/c24-17-7-5-6-16(14-17)23(26)25-21-11-4-3-9-19(21)18-8-1-2-10-20(18)22(25)15-12-13-15/h1-11,14-15,22H,12-13H2. The molecule has 3 aromatic rings. The molecule has 5 rings (SSSR count). The first-order valence-electron chi connectivity index (χ1n) is 9.01. The van der Waals surface area contributed by atoms with E-state index in [-0.39, 0.29) is 17.8 Å². The highest BCUT2D eigenvalue weighted by molar-refractivity contribution is 6.10. The molecule has 0 spiro atoms. The summed E-state index contributed by atoms with van der Waals surface area (Å²) in [5.74, 6) is -0.0603. The summed E-state index contributed by atoms with van der Waals surface area (Å²) in [5.41, 5.74) is 4.76. The smallest absolute Gasteiger partial charge is 0.258 e. The van der Waals surface area contributed by atoms with Gasteiger partial charge in [-0.1, -0.05) is 48.5 Å². The van der Waals surface area contributed by atoms with Crippen LogP contribution in [0.1, 0.15) is 34.8 Å². The highest BCUT2D eigenvalue weighted by atomic mass is 19.1. The lowest BCUT2D eigenvalue weighted by Gasteiger charge is -2.39. The van der Waals surface area contributed by atoms with Gasteiger partial charge in [-0.25, -0.2) is 4.39 Å². The molecule has 3 aromatic carbocycles. The van der Waals surface area contributed by atoms with Crippen molar-refractivity contribution < 1.29 is 9.18 Å². The maximum Gasteiger partial charge on any atom is 0.258 e. The first kappa shape index (κ1) is 15.3. The van der Waals surface area contributed by atoms with Crippen molar-refractivity contribution in [3.8, 4) is 11.1 Å². The molecule has 1 unspecified atom stereocenters. The summed E-state index contributed by atoms with van der Waals surface area (Å²) >= 11 is 0. The van der Waals surface area contributed by atoms with Gasteiger partial charge in [-0.15, -0.1) is 0 Å². The normalized spacial score (nSPS) is 18.2. The van der Waals surface area contributed by atoms with Crippen LogP contribution in [0.5, 0.6) is 0 Å². The Kier molecular flexibility index (Phi) is 3.42. The minimum atomic E-state index is -0.385. The van der Waals surface area contributed by atoms with Crippen LogP contribution in [0, 0.1) is 11.7 Å². The molecular formula is C23H18FNO. The van der Waals surface area contributed by atoms with Gasteiger partial charge in [0.1, 0.15) is 5.82 Å². The van der Waals surface area contributed by atoms with Crippen LogP contribution in [0.15, 0.2) is 72.8 Å². The molecule has 1 saturated carbocycles. The van der Waals surface area contributed by atoms with Crippen LogP contribution in [0.25, 0.3) is 11.1 Å². The molecule has 2 aliphatic rings. The molecule has 1 atom stereocenters. The number of hydrogen-bond acceptors (Lipinski definition) is 1. The fraction of sp³-hybridized carbons (Fsp3) is 0.174. The predicted octanol–water partition coefficient (Wildman–Crippen LogP) is 5.60. The van der Waals surface area contributed by atoms with Crippen molar-refractivity contribution in [2.45, 2.75) is 18.9 Å². The molecule has 1 aliphatic heterocycles. The minimum absolute atomic E-state index is 0.0110. The molecule has 1 heterocycles. The van der Waals surface area contributed by atoms with Crippen LogP contribution in [0.4, 0.5) is 10.1 Å². The average Bonchev–Trinajstić information content (AvgIpc) is 3.51. The third-order valence-electron chi connectivity index (χ3n) is 5.37. The third-order valence-corrected chi connectivity index (χ3v) is 5.37. The van der Waals surface area contributed by atoms with Crippen LogP contribution >= 0.6 is 0 Å². The molecule has 2 nitrogen and oxygen atoms in total. The summed E-state index contributed by atoms with van der Waals surface area (Å²) in [6.07, 6.45) is 2.24. The van der Waals surface area contributed by atoms with Crippen molar-refractivity contribution in [2.75, 3.05) is 4.90 Å². The molecule has 26 heavy (non-hydrogen) atoms. The summed E-state index contributed by atoms with van der Waals surface area (Å²) in [7, 11) is 0. The first-order chi connectivity index (χ1) is 12.7. The van der Waals surface area contributed by atoms with Crippen molar-refractivity contribution in [1.29, 1.82) is 0 Å². The molecular weight excluding hydrogens is 325 g/mol. The van der Waals surface area contributed by atoms with Crippen LogP contribution in [0.2, 0.25) is 0 Å². The van der Waals surface area contributed by atoms with Crippen molar-refractivity contribution in [1.82, 2.24) is 0 Å². The van der Waals surface area contributed by atoms with Gasteiger partial charge in [0.25, 0.3) is 5.91 Å². The lowest BCUT2D eigenvalue weighted by Crippen LogP contribution is -2.38. The summed E-state index contributed by atoms with van der Waals surface area (Å²) in [6, 6.07) is 22.4. The summed E-state index contributed by atoms with van der Waals surface area (Å²) in [6.45, 7) is 0. The lowest BCUT2D eigenvalue weighted by molar-refractivity contribution is 0.0972. The SMILES string of the molecule is O=C(c1cccc(F)c1)N1c2ccccc2-c2ccccc2C1C1CC1.